The van der Waals surface area contributed by atoms with Gasteiger partial charge in [0.1, 0.15) is 18.1 Å². The van der Waals surface area contributed by atoms with Gasteiger partial charge in [-0.15, -0.1) is 0 Å². The van der Waals surface area contributed by atoms with Gasteiger partial charge in [-0.25, -0.2) is 0 Å². The molecule has 0 saturated carbocycles. The Kier molecular flexibility index (Phi) is 12.0. The van der Waals surface area contributed by atoms with Gasteiger partial charge in [0, 0.05) is 25.4 Å². The molecule has 6 N–H and O–H groups in total. The van der Waals surface area contributed by atoms with Crippen LogP contribution in [0.1, 0.15) is 101 Å². The first kappa shape index (κ1) is 39.9. The van der Waals surface area contributed by atoms with Crippen molar-refractivity contribution in [3.63, 3.8) is 0 Å². The van der Waals surface area contributed by atoms with Crippen LogP contribution in [0.4, 0.5) is 0 Å². The first-order valence-electron chi connectivity index (χ1n) is 19.0. The summed E-state index contributed by atoms with van der Waals surface area (Å²) in [5.41, 5.74) is 9.97. The van der Waals surface area contributed by atoms with Crippen LogP contribution in [-0.4, -0.2) is 90.7 Å². The Hall–Kier alpha value is -4.29. The normalized spacial score (nSPS) is 22.6. The van der Waals surface area contributed by atoms with Gasteiger partial charge in [-0.3, -0.25) is 24.0 Å². The zero-order chi connectivity index (χ0) is 38.8. The highest BCUT2D eigenvalue weighted by Gasteiger charge is 2.46. The van der Waals surface area contributed by atoms with Gasteiger partial charge in [-0.1, -0.05) is 84.0 Å². The predicted octanol–water partition coefficient (Wildman–Crippen LogP) is 2.69. The number of likely N-dealkylation sites (tertiary alicyclic amines) is 1. The molecule has 3 aliphatic rings. The molecular weight excluding hydrogens is 670 g/mol. The first-order valence-corrected chi connectivity index (χ1v) is 19.0. The van der Waals surface area contributed by atoms with Crippen molar-refractivity contribution in [1.82, 2.24) is 31.1 Å². The lowest BCUT2D eigenvalue weighted by atomic mass is 9.83. The van der Waals surface area contributed by atoms with Crippen molar-refractivity contribution >= 4 is 29.5 Å². The van der Waals surface area contributed by atoms with Gasteiger partial charge < -0.3 is 36.8 Å². The predicted molar refractivity (Wildman–Crippen MR) is 204 cm³/mol. The number of primary amides is 1. The quantitative estimate of drug-likeness (QED) is 0.251. The molecule has 6 atom stereocenters. The summed E-state index contributed by atoms with van der Waals surface area (Å²) >= 11 is 0. The number of nitrogens with two attached hydrogens (primary N) is 1. The van der Waals surface area contributed by atoms with Crippen molar-refractivity contribution in [2.75, 3.05) is 27.2 Å². The van der Waals surface area contributed by atoms with Gasteiger partial charge in [-0.05, 0) is 78.4 Å². The molecule has 53 heavy (non-hydrogen) atoms. The van der Waals surface area contributed by atoms with Crippen LogP contribution >= 0.6 is 0 Å². The minimum atomic E-state index is -0.886. The lowest BCUT2D eigenvalue weighted by Gasteiger charge is -2.40. The highest BCUT2D eigenvalue weighted by atomic mass is 16.2. The van der Waals surface area contributed by atoms with Gasteiger partial charge in [0.05, 0.1) is 18.6 Å². The lowest BCUT2D eigenvalue weighted by Crippen LogP contribution is -2.60. The molecule has 12 nitrogen and oxygen atoms in total. The number of carbonyl (C=O) groups excluding carboxylic acids is 5. The third-order valence-electron chi connectivity index (χ3n) is 11.2. The van der Waals surface area contributed by atoms with Crippen LogP contribution in [0.3, 0.4) is 0 Å². The second-order valence-corrected chi connectivity index (χ2v) is 17.2. The summed E-state index contributed by atoms with van der Waals surface area (Å²) < 4.78 is 0. The van der Waals surface area contributed by atoms with Crippen LogP contribution in [0.2, 0.25) is 0 Å². The summed E-state index contributed by atoms with van der Waals surface area (Å²) in [4.78, 5) is 71.3. The minimum Gasteiger partial charge on any atom is -0.368 e. The van der Waals surface area contributed by atoms with Crippen molar-refractivity contribution in [3.8, 4) is 0 Å². The number of hydrogen-bond acceptors (Lipinski definition) is 7. The van der Waals surface area contributed by atoms with Crippen molar-refractivity contribution in [2.24, 2.45) is 16.6 Å². The van der Waals surface area contributed by atoms with Gasteiger partial charge in [0.2, 0.25) is 29.5 Å². The largest absolute Gasteiger partial charge is 0.368 e. The molecule has 2 heterocycles. The fourth-order valence-electron chi connectivity index (χ4n) is 8.37. The SMILES string of the molecule is CNCC(=O)NC(C(=O)N1Cc2cc(C3C[C@@H](C(=O)N[C@@H]4CCCc5ccccc54)N(C(=O)[C@@H](NC)C(C)(C)C)C3)ccc2C[C@H]1C(N)=O)C(C)(C)C. The molecule has 0 spiro atoms. The number of nitrogens with one attached hydrogen (secondary N) is 4. The smallest absolute Gasteiger partial charge is 0.246 e. The minimum absolute atomic E-state index is 0.0456. The van der Waals surface area contributed by atoms with Crippen molar-refractivity contribution in [1.29, 1.82) is 0 Å². The maximum absolute atomic E-state index is 14.3. The summed E-state index contributed by atoms with van der Waals surface area (Å²) in [6, 6.07) is 11.2. The van der Waals surface area contributed by atoms with Gasteiger partial charge in [0.25, 0.3) is 0 Å². The number of benzene rings is 2. The molecule has 288 valence electrons. The molecule has 0 bridgehead atoms. The molecule has 2 aromatic rings. The summed E-state index contributed by atoms with van der Waals surface area (Å²) in [5, 5.41) is 12.2. The first-order chi connectivity index (χ1) is 24.9. The van der Waals surface area contributed by atoms with E-state index in [1.165, 1.54) is 10.5 Å². The standard InChI is InChI=1S/C41H59N7O5/c1-40(2,3)34(44-8)38(52)48-23-28(20-32(48)37(51)45-30-15-11-13-24-12-9-10-14-29(24)30)25-16-17-26-19-31(36(42)50)47(22-27(26)18-25)39(53)35(41(4,5)6)46-33(49)21-43-7/h9-10,12,14,16-18,28,30-32,34-35,43-44H,11,13,15,19-23H2,1-8H3,(H2,42,50)(H,45,51)(H,46,49)/t28?,30-,31+,32+,34-,35?/m1/s1. The van der Waals surface area contributed by atoms with Crippen LogP contribution in [0.15, 0.2) is 42.5 Å². The van der Waals surface area contributed by atoms with Crippen LogP contribution < -0.4 is 27.0 Å². The Morgan fingerprint density at radius 1 is 0.849 bits per heavy atom. The van der Waals surface area contributed by atoms with Gasteiger partial charge in [0.15, 0.2) is 0 Å². The monoisotopic (exact) mass is 729 g/mol. The van der Waals surface area contributed by atoms with E-state index in [9.17, 15) is 24.0 Å². The molecule has 2 aliphatic heterocycles. The van der Waals surface area contributed by atoms with E-state index in [2.05, 4.69) is 33.4 Å². The van der Waals surface area contributed by atoms with Crippen molar-refractivity contribution in [2.45, 2.75) is 116 Å². The van der Waals surface area contributed by atoms with Crippen LogP contribution in [-0.2, 0) is 43.4 Å². The van der Waals surface area contributed by atoms with Gasteiger partial charge in [-0.2, -0.15) is 0 Å². The van der Waals surface area contributed by atoms with E-state index in [0.717, 1.165) is 41.5 Å². The van der Waals surface area contributed by atoms with Crippen LogP contribution in [0.25, 0.3) is 0 Å². The summed E-state index contributed by atoms with van der Waals surface area (Å²) in [7, 11) is 3.44. The average molecular weight is 730 g/mol. The Balaban J connectivity index is 1.44. The van der Waals surface area contributed by atoms with Crippen LogP contribution in [0.5, 0.6) is 0 Å². The molecule has 1 aliphatic carbocycles. The Labute approximate surface area is 314 Å². The molecule has 0 radical (unpaired) electrons. The van der Waals surface area contributed by atoms with Crippen molar-refractivity contribution < 1.29 is 24.0 Å². The lowest BCUT2D eigenvalue weighted by molar-refractivity contribution is -0.146. The Bertz CT molecular complexity index is 1710. The van der Waals surface area contributed by atoms with E-state index in [-0.39, 0.29) is 60.5 Å². The second kappa shape index (κ2) is 16.0. The molecule has 12 heteroatoms. The summed E-state index contributed by atoms with van der Waals surface area (Å²) in [6.45, 7) is 12.2. The molecule has 5 rings (SSSR count). The van der Waals surface area contributed by atoms with E-state index in [0.29, 0.717) is 13.0 Å². The fraction of sp³-hybridized carbons (Fsp3) is 0.585. The van der Waals surface area contributed by atoms with E-state index in [1.54, 1.807) is 19.0 Å². The molecule has 1 fully saturated rings. The maximum atomic E-state index is 14.3. The topological polar surface area (TPSA) is 166 Å². The number of fused-ring (bicyclic) bond motifs is 2. The maximum Gasteiger partial charge on any atom is 0.246 e. The third kappa shape index (κ3) is 8.75. The zero-order valence-corrected chi connectivity index (χ0v) is 32.7. The van der Waals surface area contributed by atoms with E-state index in [4.69, 9.17) is 5.73 Å². The highest BCUT2D eigenvalue weighted by molar-refractivity contribution is 5.93. The number of likely N-dealkylation sites (N-methyl/N-ethyl adjacent to an activating group) is 2. The number of carbonyl (C=O) groups is 5. The van der Waals surface area contributed by atoms with E-state index < -0.39 is 35.5 Å². The number of rotatable bonds is 10. The van der Waals surface area contributed by atoms with Crippen LogP contribution in [0, 0.1) is 10.8 Å². The van der Waals surface area contributed by atoms with E-state index in [1.807, 2.05) is 71.9 Å². The number of amides is 5. The number of aryl methyl sites for hydroxylation is 1. The molecule has 1 saturated heterocycles. The number of nitrogens with zero attached hydrogens (tertiary/aromatic N) is 2. The Morgan fingerprint density at radius 2 is 1.53 bits per heavy atom. The number of hydrogen-bond donors (Lipinski definition) is 5. The molecule has 0 aromatic heterocycles. The Morgan fingerprint density at radius 3 is 2.17 bits per heavy atom. The average Bonchev–Trinajstić information content (AvgIpc) is 3.55. The molecule has 2 aromatic carbocycles. The molecule has 2 unspecified atom stereocenters. The van der Waals surface area contributed by atoms with Gasteiger partial charge >= 0.3 is 0 Å². The van der Waals surface area contributed by atoms with Crippen molar-refractivity contribution in [3.05, 3.63) is 70.3 Å². The van der Waals surface area contributed by atoms with E-state index >= 15 is 0 Å². The highest BCUT2D eigenvalue weighted by Crippen LogP contribution is 2.38. The third-order valence-corrected chi connectivity index (χ3v) is 11.2. The zero-order valence-electron chi connectivity index (χ0n) is 32.7. The molecular formula is C41H59N7O5. The molecule has 5 amide bonds. The fourth-order valence-corrected chi connectivity index (χ4v) is 8.37. The second-order valence-electron chi connectivity index (χ2n) is 17.2. The summed E-state index contributed by atoms with van der Waals surface area (Å²) in [5.74, 6) is -1.72. The summed E-state index contributed by atoms with van der Waals surface area (Å²) in [6.07, 6.45) is 3.50.